The van der Waals surface area contributed by atoms with Crippen molar-refractivity contribution in [3.63, 3.8) is 0 Å². The lowest BCUT2D eigenvalue weighted by atomic mass is 9.88. The lowest BCUT2D eigenvalue weighted by Gasteiger charge is -2.23. The highest BCUT2D eigenvalue weighted by atomic mass is 32.2. The summed E-state index contributed by atoms with van der Waals surface area (Å²) in [4.78, 5) is 0. The summed E-state index contributed by atoms with van der Waals surface area (Å²) in [6.45, 7) is 4.66. The predicted molar refractivity (Wildman–Crippen MR) is 62.3 cm³/mol. The van der Waals surface area contributed by atoms with Crippen LogP contribution in [-0.2, 0) is 6.42 Å². The van der Waals surface area contributed by atoms with E-state index in [-0.39, 0.29) is 0 Å². The van der Waals surface area contributed by atoms with E-state index in [1.807, 2.05) is 11.8 Å². The molecule has 1 aromatic rings. The molecule has 0 bridgehead atoms. The molecule has 0 atom stereocenters. The first kappa shape index (κ1) is 10.6. The molecule has 0 amide bonds. The van der Waals surface area contributed by atoms with Crippen LogP contribution in [0.15, 0.2) is 30.3 Å². The van der Waals surface area contributed by atoms with E-state index in [9.17, 15) is 0 Å². The Hall–Kier alpha value is -0.430. The van der Waals surface area contributed by atoms with Crippen molar-refractivity contribution in [2.75, 3.05) is 12.0 Å². The normalized spacial score (nSPS) is 11.6. The molecule has 72 valence electrons. The van der Waals surface area contributed by atoms with E-state index in [0.717, 1.165) is 0 Å². The molecular formula is C12H18S. The summed E-state index contributed by atoms with van der Waals surface area (Å²) in [6.07, 6.45) is 3.35. The van der Waals surface area contributed by atoms with Gasteiger partial charge < -0.3 is 0 Å². The number of rotatable bonds is 4. The van der Waals surface area contributed by atoms with Gasteiger partial charge in [0.1, 0.15) is 0 Å². The minimum atomic E-state index is 0.417. The second-order valence-corrected chi connectivity index (χ2v) is 5.13. The zero-order chi connectivity index (χ0) is 9.73. The van der Waals surface area contributed by atoms with Crippen molar-refractivity contribution < 1.29 is 0 Å². The summed E-state index contributed by atoms with van der Waals surface area (Å²) in [5.41, 5.74) is 1.86. The summed E-state index contributed by atoms with van der Waals surface area (Å²) in [7, 11) is 0. The number of hydrogen-bond acceptors (Lipinski definition) is 1. The van der Waals surface area contributed by atoms with E-state index < -0.39 is 0 Å². The van der Waals surface area contributed by atoms with Crippen LogP contribution in [0.4, 0.5) is 0 Å². The van der Waals surface area contributed by atoms with Gasteiger partial charge in [0, 0.05) is 0 Å². The zero-order valence-corrected chi connectivity index (χ0v) is 9.53. The van der Waals surface area contributed by atoms with Crippen LogP contribution in [0.5, 0.6) is 0 Å². The highest BCUT2D eigenvalue weighted by molar-refractivity contribution is 7.98. The summed E-state index contributed by atoms with van der Waals surface area (Å²) < 4.78 is 0. The standard InChI is InChI=1S/C12H18S/c1-12(2,10-13-3)9-11-7-5-4-6-8-11/h4-8H,9-10H2,1-3H3. The average molecular weight is 194 g/mol. The number of thioether (sulfide) groups is 1. The quantitative estimate of drug-likeness (QED) is 0.705. The highest BCUT2D eigenvalue weighted by Crippen LogP contribution is 2.25. The molecular weight excluding hydrogens is 176 g/mol. The third kappa shape index (κ3) is 3.86. The van der Waals surface area contributed by atoms with Crippen LogP contribution in [0, 0.1) is 5.41 Å². The minimum absolute atomic E-state index is 0.417. The third-order valence-corrected chi connectivity index (χ3v) is 3.13. The SMILES string of the molecule is CSCC(C)(C)Cc1ccccc1. The van der Waals surface area contributed by atoms with Gasteiger partial charge in [-0.25, -0.2) is 0 Å². The maximum atomic E-state index is 2.33. The number of benzene rings is 1. The topological polar surface area (TPSA) is 0 Å². The van der Waals surface area contributed by atoms with Gasteiger partial charge in [0.15, 0.2) is 0 Å². The summed E-state index contributed by atoms with van der Waals surface area (Å²) in [5.74, 6) is 1.22. The molecule has 1 heteroatoms. The number of hydrogen-bond donors (Lipinski definition) is 0. The molecule has 0 N–H and O–H groups in total. The monoisotopic (exact) mass is 194 g/mol. The smallest absolute Gasteiger partial charge is 0.00157 e. The average Bonchev–Trinajstić information content (AvgIpc) is 2.04. The van der Waals surface area contributed by atoms with Gasteiger partial charge in [-0.15, -0.1) is 0 Å². The molecule has 0 heterocycles. The Labute approximate surface area is 85.7 Å². The molecule has 0 aliphatic heterocycles. The largest absolute Gasteiger partial charge is 0.165 e. The van der Waals surface area contributed by atoms with Gasteiger partial charge in [-0.3, -0.25) is 0 Å². The van der Waals surface area contributed by atoms with Gasteiger partial charge >= 0.3 is 0 Å². The molecule has 13 heavy (non-hydrogen) atoms. The zero-order valence-electron chi connectivity index (χ0n) is 8.71. The summed E-state index contributed by atoms with van der Waals surface area (Å²) >= 11 is 1.93. The van der Waals surface area contributed by atoms with E-state index >= 15 is 0 Å². The van der Waals surface area contributed by atoms with Gasteiger partial charge in [0.2, 0.25) is 0 Å². The molecule has 0 aliphatic rings. The Morgan fingerprint density at radius 1 is 1.15 bits per heavy atom. The van der Waals surface area contributed by atoms with Crippen LogP contribution in [-0.4, -0.2) is 12.0 Å². The molecule has 0 radical (unpaired) electrons. The Kier molecular flexibility index (Phi) is 3.86. The second-order valence-electron chi connectivity index (χ2n) is 4.26. The van der Waals surface area contributed by atoms with Crippen molar-refractivity contribution in [1.29, 1.82) is 0 Å². The van der Waals surface area contributed by atoms with Crippen LogP contribution < -0.4 is 0 Å². The van der Waals surface area contributed by atoms with Crippen molar-refractivity contribution >= 4 is 11.8 Å². The van der Waals surface area contributed by atoms with Crippen LogP contribution in [0.3, 0.4) is 0 Å². The molecule has 0 saturated heterocycles. The molecule has 0 fully saturated rings. The summed E-state index contributed by atoms with van der Waals surface area (Å²) in [5, 5.41) is 0. The second kappa shape index (κ2) is 4.71. The fraction of sp³-hybridized carbons (Fsp3) is 0.500. The highest BCUT2D eigenvalue weighted by Gasteiger charge is 2.17. The van der Waals surface area contributed by atoms with Crippen LogP contribution in [0.2, 0.25) is 0 Å². The maximum absolute atomic E-state index is 2.33. The predicted octanol–water partition coefficient (Wildman–Crippen LogP) is 3.62. The summed E-state index contributed by atoms with van der Waals surface area (Å²) in [6, 6.07) is 10.7. The van der Waals surface area contributed by atoms with Gasteiger partial charge in [0.05, 0.1) is 0 Å². The molecule has 0 unspecified atom stereocenters. The van der Waals surface area contributed by atoms with E-state index in [1.54, 1.807) is 0 Å². The van der Waals surface area contributed by atoms with E-state index in [2.05, 4.69) is 50.4 Å². The maximum Gasteiger partial charge on any atom is -0.00157 e. The fourth-order valence-electron chi connectivity index (χ4n) is 1.59. The first-order chi connectivity index (χ1) is 6.14. The molecule has 1 aromatic carbocycles. The van der Waals surface area contributed by atoms with Gasteiger partial charge in [-0.2, -0.15) is 11.8 Å². The Morgan fingerprint density at radius 3 is 2.31 bits per heavy atom. The molecule has 0 nitrogen and oxygen atoms in total. The molecule has 1 rings (SSSR count). The molecule has 0 saturated carbocycles. The lowest BCUT2D eigenvalue weighted by molar-refractivity contribution is 0.422. The van der Waals surface area contributed by atoms with Crippen molar-refractivity contribution in [2.45, 2.75) is 20.3 Å². The third-order valence-electron chi connectivity index (χ3n) is 2.06. The van der Waals surface area contributed by atoms with Crippen molar-refractivity contribution in [1.82, 2.24) is 0 Å². The Bertz CT molecular complexity index is 239. The molecule has 0 aromatic heterocycles. The van der Waals surface area contributed by atoms with Crippen molar-refractivity contribution in [3.8, 4) is 0 Å². The van der Waals surface area contributed by atoms with Gasteiger partial charge in [0.25, 0.3) is 0 Å². The molecule has 0 aliphatic carbocycles. The van der Waals surface area contributed by atoms with Gasteiger partial charge in [-0.1, -0.05) is 44.2 Å². The molecule has 0 spiro atoms. The first-order valence-corrected chi connectivity index (χ1v) is 6.06. The van der Waals surface area contributed by atoms with Crippen molar-refractivity contribution in [2.24, 2.45) is 5.41 Å². The van der Waals surface area contributed by atoms with Crippen LogP contribution in [0.1, 0.15) is 19.4 Å². The van der Waals surface area contributed by atoms with Gasteiger partial charge in [-0.05, 0) is 29.4 Å². The Morgan fingerprint density at radius 2 is 1.77 bits per heavy atom. The van der Waals surface area contributed by atoms with Crippen LogP contribution >= 0.6 is 11.8 Å². The van der Waals surface area contributed by atoms with E-state index in [1.165, 1.54) is 17.7 Å². The fourth-order valence-corrected chi connectivity index (χ4v) is 2.47. The Balaban J connectivity index is 2.58. The van der Waals surface area contributed by atoms with Crippen LogP contribution in [0.25, 0.3) is 0 Å². The first-order valence-electron chi connectivity index (χ1n) is 4.67. The van der Waals surface area contributed by atoms with Crippen molar-refractivity contribution in [3.05, 3.63) is 35.9 Å². The lowest BCUT2D eigenvalue weighted by Crippen LogP contribution is -2.17. The minimum Gasteiger partial charge on any atom is -0.165 e. The van der Waals surface area contributed by atoms with E-state index in [0.29, 0.717) is 5.41 Å². The van der Waals surface area contributed by atoms with E-state index in [4.69, 9.17) is 0 Å².